The standard InChI is InChI=1S/C19H22N4O2S/c1-12(2)8-17-21-13(3)18(26-17)23(19(25)22-14(4)24)11-16-7-5-6-15(9-16)10-20/h5-7,9,12H,8,11H2,1-4H3,(H,22,24,25). The molecule has 0 saturated heterocycles. The molecule has 0 saturated carbocycles. The number of imide groups is 1. The lowest BCUT2D eigenvalue weighted by molar-refractivity contribution is -0.117. The van der Waals surface area contributed by atoms with E-state index in [0.717, 1.165) is 22.7 Å². The number of benzene rings is 1. The topological polar surface area (TPSA) is 86.1 Å². The number of rotatable bonds is 5. The summed E-state index contributed by atoms with van der Waals surface area (Å²) in [7, 11) is 0. The summed E-state index contributed by atoms with van der Waals surface area (Å²) in [6.07, 6.45) is 0.831. The molecule has 0 aliphatic heterocycles. The number of urea groups is 1. The molecule has 0 aliphatic rings. The quantitative estimate of drug-likeness (QED) is 0.868. The molecule has 0 atom stereocenters. The van der Waals surface area contributed by atoms with Crippen molar-refractivity contribution in [1.29, 1.82) is 5.26 Å². The van der Waals surface area contributed by atoms with Crippen LogP contribution in [0.2, 0.25) is 0 Å². The number of thiazole rings is 1. The van der Waals surface area contributed by atoms with Crippen molar-refractivity contribution in [1.82, 2.24) is 10.3 Å². The molecule has 1 aromatic heterocycles. The molecule has 26 heavy (non-hydrogen) atoms. The van der Waals surface area contributed by atoms with Gasteiger partial charge in [0.05, 0.1) is 28.9 Å². The van der Waals surface area contributed by atoms with Crippen LogP contribution < -0.4 is 10.2 Å². The second kappa shape index (κ2) is 8.59. The van der Waals surface area contributed by atoms with Gasteiger partial charge in [-0.3, -0.25) is 15.0 Å². The molecule has 7 heteroatoms. The molecule has 0 bridgehead atoms. The minimum atomic E-state index is -0.497. The maximum atomic E-state index is 12.6. The Morgan fingerprint density at radius 1 is 1.38 bits per heavy atom. The van der Waals surface area contributed by atoms with E-state index >= 15 is 0 Å². The summed E-state index contributed by atoms with van der Waals surface area (Å²) in [4.78, 5) is 30.0. The molecule has 6 nitrogen and oxygen atoms in total. The van der Waals surface area contributed by atoms with Gasteiger partial charge in [-0.15, -0.1) is 11.3 Å². The van der Waals surface area contributed by atoms with E-state index in [2.05, 4.69) is 30.2 Å². The second-order valence-electron chi connectivity index (χ2n) is 6.48. The number of carbonyl (C=O) groups excluding carboxylic acids is 2. The van der Waals surface area contributed by atoms with Gasteiger partial charge < -0.3 is 0 Å². The van der Waals surface area contributed by atoms with E-state index in [0.29, 0.717) is 16.5 Å². The number of anilines is 1. The van der Waals surface area contributed by atoms with Gasteiger partial charge >= 0.3 is 6.03 Å². The number of nitrogens with zero attached hydrogens (tertiary/aromatic N) is 3. The summed E-state index contributed by atoms with van der Waals surface area (Å²) in [6, 6.07) is 8.67. The Kier molecular flexibility index (Phi) is 6.47. The highest BCUT2D eigenvalue weighted by molar-refractivity contribution is 7.16. The summed E-state index contributed by atoms with van der Waals surface area (Å²) in [6.45, 7) is 7.64. The van der Waals surface area contributed by atoms with E-state index in [1.165, 1.54) is 23.2 Å². The van der Waals surface area contributed by atoms with Crippen LogP contribution in [0.5, 0.6) is 0 Å². The lowest BCUT2D eigenvalue weighted by atomic mass is 10.1. The van der Waals surface area contributed by atoms with E-state index in [4.69, 9.17) is 5.26 Å². The van der Waals surface area contributed by atoms with Crippen LogP contribution in [0.1, 0.15) is 42.6 Å². The van der Waals surface area contributed by atoms with Crippen LogP contribution >= 0.6 is 11.3 Å². The third-order valence-corrected chi connectivity index (χ3v) is 4.77. The molecule has 0 radical (unpaired) electrons. The maximum Gasteiger partial charge on any atom is 0.329 e. The Balaban J connectivity index is 2.38. The van der Waals surface area contributed by atoms with Crippen molar-refractivity contribution >= 4 is 28.3 Å². The van der Waals surface area contributed by atoms with Crippen molar-refractivity contribution in [2.45, 2.75) is 40.7 Å². The highest BCUT2D eigenvalue weighted by atomic mass is 32.1. The van der Waals surface area contributed by atoms with E-state index in [1.807, 2.05) is 13.0 Å². The van der Waals surface area contributed by atoms with Gasteiger partial charge in [-0.05, 0) is 30.5 Å². The third-order valence-electron chi connectivity index (χ3n) is 3.57. The first kappa shape index (κ1) is 19.6. The minimum absolute atomic E-state index is 0.249. The van der Waals surface area contributed by atoms with Gasteiger partial charge in [-0.1, -0.05) is 26.0 Å². The molecule has 0 fully saturated rings. The lowest BCUT2D eigenvalue weighted by Gasteiger charge is -2.21. The van der Waals surface area contributed by atoms with Crippen molar-refractivity contribution in [2.24, 2.45) is 5.92 Å². The summed E-state index contributed by atoms with van der Waals surface area (Å²) in [5.41, 5.74) is 2.08. The lowest BCUT2D eigenvalue weighted by Crippen LogP contribution is -2.41. The molecule has 0 spiro atoms. The molecule has 3 amide bonds. The average molecular weight is 370 g/mol. The summed E-state index contributed by atoms with van der Waals surface area (Å²) in [5, 5.41) is 13.1. The van der Waals surface area contributed by atoms with Gasteiger partial charge in [0.1, 0.15) is 5.00 Å². The average Bonchev–Trinajstić information content (AvgIpc) is 2.91. The van der Waals surface area contributed by atoms with E-state index in [9.17, 15) is 9.59 Å². The molecule has 0 unspecified atom stereocenters. The molecule has 136 valence electrons. The van der Waals surface area contributed by atoms with Gasteiger partial charge in [0.2, 0.25) is 5.91 Å². The predicted molar refractivity (Wildman–Crippen MR) is 102 cm³/mol. The number of aryl methyl sites for hydroxylation is 1. The third kappa shape index (κ3) is 5.14. The van der Waals surface area contributed by atoms with Crippen molar-refractivity contribution < 1.29 is 9.59 Å². The molecule has 0 aliphatic carbocycles. The largest absolute Gasteiger partial charge is 0.329 e. The number of nitrogens with one attached hydrogen (secondary N) is 1. The van der Waals surface area contributed by atoms with Crippen molar-refractivity contribution in [3.63, 3.8) is 0 Å². The van der Waals surface area contributed by atoms with Crippen LogP contribution in [0.25, 0.3) is 0 Å². The number of nitriles is 1. The van der Waals surface area contributed by atoms with E-state index in [1.54, 1.807) is 18.2 Å². The summed E-state index contributed by atoms with van der Waals surface area (Å²) >= 11 is 1.46. The molecule has 1 heterocycles. The van der Waals surface area contributed by atoms with Crippen LogP contribution in [0.4, 0.5) is 9.80 Å². The Morgan fingerprint density at radius 2 is 2.12 bits per heavy atom. The van der Waals surface area contributed by atoms with Crippen molar-refractivity contribution in [2.75, 3.05) is 4.90 Å². The van der Waals surface area contributed by atoms with Gasteiger partial charge in [0, 0.05) is 13.3 Å². The van der Waals surface area contributed by atoms with Crippen LogP contribution in [0.3, 0.4) is 0 Å². The minimum Gasteiger partial charge on any atom is -0.279 e. The monoisotopic (exact) mass is 370 g/mol. The highest BCUT2D eigenvalue weighted by Gasteiger charge is 2.23. The fourth-order valence-corrected chi connectivity index (χ4v) is 3.78. The molecular weight excluding hydrogens is 348 g/mol. The normalized spacial score (nSPS) is 10.5. The van der Waals surface area contributed by atoms with Gasteiger partial charge in [-0.2, -0.15) is 5.26 Å². The maximum absolute atomic E-state index is 12.6. The van der Waals surface area contributed by atoms with E-state index in [-0.39, 0.29) is 6.54 Å². The highest BCUT2D eigenvalue weighted by Crippen LogP contribution is 2.31. The fourth-order valence-electron chi connectivity index (χ4n) is 2.51. The smallest absolute Gasteiger partial charge is 0.279 e. The van der Waals surface area contributed by atoms with Gasteiger partial charge in [0.15, 0.2) is 0 Å². The fraction of sp³-hybridized carbons (Fsp3) is 0.368. The number of amides is 3. The number of hydrogen-bond donors (Lipinski definition) is 1. The first-order valence-electron chi connectivity index (χ1n) is 8.34. The summed E-state index contributed by atoms with van der Waals surface area (Å²) < 4.78 is 0. The zero-order valence-corrected chi connectivity index (χ0v) is 16.2. The first-order valence-corrected chi connectivity index (χ1v) is 9.16. The Morgan fingerprint density at radius 3 is 2.73 bits per heavy atom. The Labute approximate surface area is 157 Å². The Hall–Kier alpha value is -2.72. The van der Waals surface area contributed by atoms with Crippen LogP contribution in [-0.4, -0.2) is 16.9 Å². The zero-order valence-electron chi connectivity index (χ0n) is 15.4. The van der Waals surface area contributed by atoms with Crippen molar-refractivity contribution in [3.8, 4) is 6.07 Å². The second-order valence-corrected chi connectivity index (χ2v) is 7.54. The van der Waals surface area contributed by atoms with Crippen LogP contribution in [0, 0.1) is 24.2 Å². The number of hydrogen-bond acceptors (Lipinski definition) is 5. The SMILES string of the molecule is CC(=O)NC(=O)N(Cc1cccc(C#N)c1)c1sc(CC(C)C)nc1C. The van der Waals surface area contributed by atoms with Crippen molar-refractivity contribution in [3.05, 3.63) is 46.1 Å². The van der Waals surface area contributed by atoms with Gasteiger partial charge in [-0.25, -0.2) is 9.78 Å². The molecular formula is C19H22N4O2S. The Bertz CT molecular complexity index is 851. The van der Waals surface area contributed by atoms with E-state index < -0.39 is 11.9 Å². The molecule has 2 rings (SSSR count). The summed E-state index contributed by atoms with van der Waals surface area (Å²) in [5.74, 6) is 0.0376. The number of aromatic nitrogens is 1. The molecule has 1 aromatic carbocycles. The zero-order chi connectivity index (χ0) is 19.3. The first-order chi connectivity index (χ1) is 12.3. The molecule has 1 N–H and O–H groups in total. The van der Waals surface area contributed by atoms with Gasteiger partial charge in [0.25, 0.3) is 0 Å². The van der Waals surface area contributed by atoms with Crippen LogP contribution in [0.15, 0.2) is 24.3 Å². The number of carbonyl (C=O) groups is 2. The predicted octanol–water partition coefficient (Wildman–Crippen LogP) is 3.78. The molecule has 2 aromatic rings. The van der Waals surface area contributed by atoms with Crippen LogP contribution in [-0.2, 0) is 17.8 Å².